The molecule has 0 bridgehead atoms. The Morgan fingerprint density at radius 1 is 1.54 bits per heavy atom. The second-order valence-electron chi connectivity index (χ2n) is 3.18. The van der Waals surface area contributed by atoms with Crippen molar-refractivity contribution in [2.45, 2.75) is 12.3 Å². The van der Waals surface area contributed by atoms with Crippen LogP contribution in [0.25, 0.3) is 0 Å². The summed E-state index contributed by atoms with van der Waals surface area (Å²) in [5.41, 5.74) is 1.05. The summed E-state index contributed by atoms with van der Waals surface area (Å²) in [6.45, 7) is 0. The van der Waals surface area contributed by atoms with Gasteiger partial charge in [-0.05, 0) is 17.9 Å². The molecule has 2 atom stereocenters. The van der Waals surface area contributed by atoms with Crippen molar-refractivity contribution < 1.29 is 10.9 Å². The zero-order valence-corrected chi connectivity index (χ0v) is 7.49. The third-order valence-electron chi connectivity index (χ3n) is 2.33. The molecule has 0 aromatic heterocycles. The first-order chi connectivity index (χ1) is 6.68. The lowest BCUT2D eigenvalue weighted by molar-refractivity contribution is -0.142. The maximum absolute atomic E-state index is 11.3. The van der Waals surface area contributed by atoms with E-state index in [0.29, 0.717) is 6.42 Å². The van der Waals surface area contributed by atoms with E-state index in [-0.39, 0.29) is 5.92 Å². The summed E-state index contributed by atoms with van der Waals surface area (Å²) in [6, 6.07) is 9.67. The third-order valence-corrected chi connectivity index (χ3v) is 2.33. The van der Waals surface area contributed by atoms with Gasteiger partial charge in [0.2, 0.25) is 0 Å². The Morgan fingerprint density at radius 2 is 2.23 bits per heavy atom. The van der Waals surface area contributed by atoms with Crippen molar-refractivity contribution in [3.05, 3.63) is 35.9 Å². The molecule has 13 heavy (non-hydrogen) atoms. The minimum atomic E-state index is -1.03. The SMILES string of the molecule is [2H][C@]1(C(=O)OC)C[C@@H]1c1ccccc1. The maximum atomic E-state index is 11.3. The van der Waals surface area contributed by atoms with Crippen molar-refractivity contribution in [3.63, 3.8) is 0 Å². The van der Waals surface area contributed by atoms with E-state index in [2.05, 4.69) is 4.74 Å². The van der Waals surface area contributed by atoms with E-state index in [1.165, 1.54) is 7.11 Å². The first kappa shape index (κ1) is 7.13. The standard InChI is InChI=1S/C11H12O2/c1-13-11(12)10-7-9(10)8-5-3-2-4-6-8/h2-6,9-10H,7H2,1H3/t9-,10+/m1/s1/i10D. The summed E-state index contributed by atoms with van der Waals surface area (Å²) in [4.78, 5) is 11.3. The summed E-state index contributed by atoms with van der Waals surface area (Å²) in [5.74, 6) is -1.45. The Bertz CT molecular complexity index is 350. The molecule has 1 saturated carbocycles. The lowest BCUT2D eigenvalue weighted by Crippen LogP contribution is -2.03. The van der Waals surface area contributed by atoms with Gasteiger partial charge in [0.15, 0.2) is 0 Å². The fourth-order valence-electron chi connectivity index (χ4n) is 1.52. The topological polar surface area (TPSA) is 26.3 Å². The highest BCUT2D eigenvalue weighted by Gasteiger charge is 2.44. The Kier molecular flexibility index (Phi) is 1.76. The van der Waals surface area contributed by atoms with Crippen LogP contribution in [0.4, 0.5) is 0 Å². The largest absolute Gasteiger partial charge is 0.469 e. The van der Waals surface area contributed by atoms with Crippen LogP contribution < -0.4 is 0 Å². The van der Waals surface area contributed by atoms with Crippen molar-refractivity contribution in [2.75, 3.05) is 7.11 Å². The highest BCUT2D eigenvalue weighted by molar-refractivity contribution is 5.77. The average molecular weight is 177 g/mol. The monoisotopic (exact) mass is 177 g/mol. The van der Waals surface area contributed by atoms with E-state index in [0.717, 1.165) is 5.56 Å². The summed E-state index contributed by atoms with van der Waals surface area (Å²) in [5, 5.41) is 0. The Morgan fingerprint density at radius 3 is 2.85 bits per heavy atom. The number of carbonyl (C=O) groups is 1. The van der Waals surface area contributed by atoms with E-state index in [4.69, 9.17) is 1.37 Å². The van der Waals surface area contributed by atoms with Crippen LogP contribution in [0, 0.1) is 5.89 Å². The Hall–Kier alpha value is -1.31. The van der Waals surface area contributed by atoms with Crippen molar-refractivity contribution in [2.24, 2.45) is 5.89 Å². The van der Waals surface area contributed by atoms with Gasteiger partial charge in [0.1, 0.15) is 0 Å². The molecule has 2 nitrogen and oxygen atoms in total. The van der Waals surface area contributed by atoms with Crippen molar-refractivity contribution >= 4 is 5.97 Å². The van der Waals surface area contributed by atoms with Crippen LogP contribution in [0.2, 0.25) is 0 Å². The van der Waals surface area contributed by atoms with Crippen molar-refractivity contribution in [3.8, 4) is 0 Å². The molecule has 1 aliphatic carbocycles. The average Bonchev–Trinajstić information content (AvgIpc) is 2.92. The first-order valence-corrected chi connectivity index (χ1v) is 4.32. The maximum Gasteiger partial charge on any atom is 0.309 e. The Labute approximate surface area is 78.9 Å². The summed E-state index contributed by atoms with van der Waals surface area (Å²) < 4.78 is 12.5. The minimum absolute atomic E-state index is 0.0103. The van der Waals surface area contributed by atoms with E-state index < -0.39 is 11.9 Å². The quantitative estimate of drug-likeness (QED) is 0.645. The van der Waals surface area contributed by atoms with Crippen molar-refractivity contribution in [1.82, 2.24) is 0 Å². The second kappa shape index (κ2) is 3.21. The molecule has 2 rings (SSSR count). The van der Waals surface area contributed by atoms with Crippen LogP contribution in [0.5, 0.6) is 0 Å². The molecule has 0 heterocycles. The zero-order valence-electron chi connectivity index (χ0n) is 8.49. The molecule has 0 aliphatic heterocycles. The molecule has 1 aromatic rings. The normalized spacial score (nSPS) is 32.1. The van der Waals surface area contributed by atoms with E-state index in [1.54, 1.807) is 0 Å². The first-order valence-electron chi connectivity index (χ1n) is 4.82. The highest BCUT2D eigenvalue weighted by Crippen LogP contribution is 2.47. The van der Waals surface area contributed by atoms with E-state index in [1.807, 2.05) is 30.3 Å². The van der Waals surface area contributed by atoms with E-state index >= 15 is 0 Å². The summed E-state index contributed by atoms with van der Waals surface area (Å²) in [7, 11) is 1.33. The van der Waals surface area contributed by atoms with Gasteiger partial charge in [-0.3, -0.25) is 4.79 Å². The molecule has 0 amide bonds. The molecule has 0 saturated heterocycles. The van der Waals surface area contributed by atoms with Crippen LogP contribution in [-0.4, -0.2) is 13.1 Å². The molecule has 0 unspecified atom stereocenters. The summed E-state index contributed by atoms with van der Waals surface area (Å²) in [6.07, 6.45) is 0.573. The van der Waals surface area contributed by atoms with Gasteiger partial charge in [-0.25, -0.2) is 0 Å². The van der Waals surface area contributed by atoms with Gasteiger partial charge < -0.3 is 4.74 Å². The van der Waals surface area contributed by atoms with Gasteiger partial charge in [0.05, 0.1) is 13.0 Å². The lowest BCUT2D eigenvalue weighted by Gasteiger charge is -1.98. The molecule has 1 aliphatic rings. The smallest absolute Gasteiger partial charge is 0.309 e. The van der Waals surface area contributed by atoms with Crippen LogP contribution >= 0.6 is 0 Å². The molecule has 0 radical (unpaired) electrons. The van der Waals surface area contributed by atoms with Crippen LogP contribution in [0.3, 0.4) is 0 Å². The Balaban J connectivity index is 2.16. The number of hydrogen-bond acceptors (Lipinski definition) is 2. The highest BCUT2D eigenvalue weighted by atomic mass is 16.5. The van der Waals surface area contributed by atoms with E-state index in [9.17, 15) is 4.79 Å². The molecule has 0 spiro atoms. The molecule has 1 fully saturated rings. The number of carbonyl (C=O) groups excluding carboxylic acids is 1. The molecule has 1 aromatic carbocycles. The second-order valence-corrected chi connectivity index (χ2v) is 3.18. The number of hydrogen-bond donors (Lipinski definition) is 0. The van der Waals surface area contributed by atoms with Crippen molar-refractivity contribution in [1.29, 1.82) is 0 Å². The van der Waals surface area contributed by atoms with Gasteiger partial charge in [-0.2, -0.15) is 0 Å². The predicted molar refractivity (Wildman–Crippen MR) is 49.3 cm³/mol. The van der Waals surface area contributed by atoms with Gasteiger partial charge >= 0.3 is 5.97 Å². The lowest BCUT2D eigenvalue weighted by atomic mass is 10.1. The minimum Gasteiger partial charge on any atom is -0.469 e. The van der Waals surface area contributed by atoms with Gasteiger partial charge in [-0.15, -0.1) is 0 Å². The predicted octanol–water partition coefficient (Wildman–Crippen LogP) is 1.96. The third kappa shape index (κ3) is 1.57. The fourth-order valence-corrected chi connectivity index (χ4v) is 1.52. The number of rotatable bonds is 2. The van der Waals surface area contributed by atoms with Crippen LogP contribution in [0.1, 0.15) is 19.3 Å². The number of methoxy groups -OCH3 is 1. The fraction of sp³-hybridized carbons (Fsp3) is 0.364. The van der Waals surface area contributed by atoms with Gasteiger partial charge in [0.25, 0.3) is 0 Å². The molecular formula is C11H12O2. The molecule has 0 N–H and O–H groups in total. The molecule has 68 valence electrons. The summed E-state index contributed by atoms with van der Waals surface area (Å²) >= 11 is 0. The van der Waals surface area contributed by atoms with Crippen LogP contribution in [-0.2, 0) is 9.53 Å². The molecular weight excluding hydrogens is 164 g/mol. The number of esters is 1. The van der Waals surface area contributed by atoms with Gasteiger partial charge in [-0.1, -0.05) is 30.3 Å². The molecule has 2 heteroatoms. The number of ether oxygens (including phenoxy) is 1. The van der Waals surface area contributed by atoms with Gasteiger partial charge in [0, 0.05) is 1.37 Å². The zero-order chi connectivity index (χ0) is 10.2. The van der Waals surface area contributed by atoms with Crippen LogP contribution in [0.15, 0.2) is 30.3 Å². The number of benzene rings is 1.